The van der Waals surface area contributed by atoms with E-state index < -0.39 is 10.0 Å². The van der Waals surface area contributed by atoms with E-state index in [-0.39, 0.29) is 17.6 Å². The first-order valence-corrected chi connectivity index (χ1v) is 10.2. The molecular formula is C18H22N4O2S. The number of pyridine rings is 2. The van der Waals surface area contributed by atoms with Crippen LogP contribution in [0.4, 0.5) is 0 Å². The van der Waals surface area contributed by atoms with Crippen molar-refractivity contribution in [3.8, 4) is 0 Å². The zero-order valence-corrected chi connectivity index (χ0v) is 15.3. The highest BCUT2D eigenvalue weighted by Gasteiger charge is 2.33. The van der Waals surface area contributed by atoms with Crippen LogP contribution in [-0.2, 0) is 10.0 Å². The van der Waals surface area contributed by atoms with Gasteiger partial charge in [-0.3, -0.25) is 4.98 Å². The Kier molecular flexibility index (Phi) is 4.00. The van der Waals surface area contributed by atoms with Crippen molar-refractivity contribution in [3.63, 3.8) is 0 Å². The van der Waals surface area contributed by atoms with Crippen LogP contribution < -0.4 is 0 Å². The summed E-state index contributed by atoms with van der Waals surface area (Å²) in [5.74, 6) is 0.535. The third-order valence-electron chi connectivity index (χ3n) is 4.85. The Morgan fingerprint density at radius 1 is 1.32 bits per heavy atom. The fourth-order valence-electron chi connectivity index (χ4n) is 3.78. The first kappa shape index (κ1) is 16.5. The summed E-state index contributed by atoms with van der Waals surface area (Å²) in [6.07, 6.45) is 6.29. The molecule has 4 heterocycles. The molecule has 3 aromatic heterocycles. The van der Waals surface area contributed by atoms with E-state index in [4.69, 9.17) is 0 Å². The lowest BCUT2D eigenvalue weighted by Gasteiger charge is -2.18. The highest BCUT2D eigenvalue weighted by molar-refractivity contribution is 7.89. The minimum atomic E-state index is -3.19. The fraction of sp³-hybridized carbons (Fsp3) is 0.444. The Morgan fingerprint density at radius 2 is 2.16 bits per heavy atom. The average molecular weight is 358 g/mol. The standard InChI is InChI=1S/C18H22N4O2S/c1-12(2)11-25(23,24)22-8-5-13(10-22)14-3-6-19-16-9-21-18-15(17(14)16)4-7-20-18/h3-4,6-7,9,12-13H,5,8,10-11H2,1-2H3,(H,20,21). The van der Waals surface area contributed by atoms with Crippen molar-refractivity contribution in [2.24, 2.45) is 5.92 Å². The first-order chi connectivity index (χ1) is 12.0. The van der Waals surface area contributed by atoms with E-state index in [1.807, 2.05) is 32.2 Å². The van der Waals surface area contributed by atoms with E-state index in [0.29, 0.717) is 13.1 Å². The van der Waals surface area contributed by atoms with Crippen LogP contribution in [-0.4, -0.2) is 46.5 Å². The fourth-order valence-corrected chi connectivity index (χ4v) is 5.63. The van der Waals surface area contributed by atoms with Gasteiger partial charge in [-0.15, -0.1) is 0 Å². The zero-order chi connectivity index (χ0) is 17.6. The Morgan fingerprint density at radius 3 is 2.96 bits per heavy atom. The SMILES string of the molecule is CC(C)CS(=O)(=O)N1CCC(c2ccnc3cnc4[nH]ccc4c23)C1. The van der Waals surface area contributed by atoms with Gasteiger partial charge in [0.2, 0.25) is 10.0 Å². The normalized spacial score (nSPS) is 19.4. The van der Waals surface area contributed by atoms with Crippen LogP contribution >= 0.6 is 0 Å². The molecule has 1 aliphatic heterocycles. The minimum Gasteiger partial charge on any atom is -0.346 e. The lowest BCUT2D eigenvalue weighted by molar-refractivity contribution is 0.466. The zero-order valence-electron chi connectivity index (χ0n) is 14.4. The Hall–Kier alpha value is -1.99. The summed E-state index contributed by atoms with van der Waals surface area (Å²) in [6.45, 7) is 5.02. The average Bonchev–Trinajstić information content (AvgIpc) is 3.22. The van der Waals surface area contributed by atoms with Gasteiger partial charge in [-0.2, -0.15) is 0 Å². The van der Waals surface area contributed by atoms with Crippen molar-refractivity contribution >= 4 is 32.0 Å². The van der Waals surface area contributed by atoms with E-state index in [2.05, 4.69) is 15.0 Å². The van der Waals surface area contributed by atoms with E-state index in [9.17, 15) is 8.42 Å². The third kappa shape index (κ3) is 2.91. The number of sulfonamides is 1. The Bertz CT molecular complexity index is 1030. The molecule has 3 aromatic rings. The molecule has 1 atom stereocenters. The smallest absolute Gasteiger partial charge is 0.214 e. The highest BCUT2D eigenvalue weighted by Crippen LogP contribution is 2.35. The number of aromatic nitrogens is 3. The van der Waals surface area contributed by atoms with Crippen LogP contribution in [0.5, 0.6) is 0 Å². The van der Waals surface area contributed by atoms with Crippen molar-refractivity contribution in [2.75, 3.05) is 18.8 Å². The maximum absolute atomic E-state index is 12.6. The van der Waals surface area contributed by atoms with Gasteiger partial charge >= 0.3 is 0 Å². The van der Waals surface area contributed by atoms with Crippen LogP contribution in [0, 0.1) is 5.92 Å². The Balaban J connectivity index is 1.73. The van der Waals surface area contributed by atoms with Crippen LogP contribution in [0.1, 0.15) is 31.7 Å². The topological polar surface area (TPSA) is 79.0 Å². The summed E-state index contributed by atoms with van der Waals surface area (Å²) in [7, 11) is -3.19. The summed E-state index contributed by atoms with van der Waals surface area (Å²) in [6, 6.07) is 4.04. The highest BCUT2D eigenvalue weighted by atomic mass is 32.2. The lowest BCUT2D eigenvalue weighted by Crippen LogP contribution is -2.32. The maximum atomic E-state index is 12.6. The number of nitrogens with zero attached hydrogens (tertiary/aromatic N) is 3. The van der Waals surface area contributed by atoms with E-state index in [1.54, 1.807) is 16.7 Å². The summed E-state index contributed by atoms with van der Waals surface area (Å²) in [5, 5.41) is 2.13. The van der Waals surface area contributed by atoms with Gasteiger partial charge in [0.15, 0.2) is 0 Å². The first-order valence-electron chi connectivity index (χ1n) is 8.64. The maximum Gasteiger partial charge on any atom is 0.214 e. The molecule has 1 unspecified atom stereocenters. The van der Waals surface area contributed by atoms with Gasteiger partial charge in [0, 0.05) is 36.3 Å². The van der Waals surface area contributed by atoms with Crippen molar-refractivity contribution in [1.82, 2.24) is 19.3 Å². The summed E-state index contributed by atoms with van der Waals surface area (Å²) < 4.78 is 26.8. The van der Waals surface area contributed by atoms with Crippen LogP contribution in [0.2, 0.25) is 0 Å². The molecule has 0 spiro atoms. The molecule has 0 aromatic carbocycles. The van der Waals surface area contributed by atoms with Crippen molar-refractivity contribution in [2.45, 2.75) is 26.2 Å². The Labute approximate surface area is 147 Å². The molecule has 0 saturated carbocycles. The summed E-state index contributed by atoms with van der Waals surface area (Å²) in [5.41, 5.74) is 2.86. The molecule has 1 fully saturated rings. The van der Waals surface area contributed by atoms with E-state index >= 15 is 0 Å². The van der Waals surface area contributed by atoms with Crippen LogP contribution in [0.25, 0.3) is 21.9 Å². The van der Waals surface area contributed by atoms with Gasteiger partial charge in [0.05, 0.1) is 17.5 Å². The summed E-state index contributed by atoms with van der Waals surface area (Å²) in [4.78, 5) is 12.0. The van der Waals surface area contributed by atoms with E-state index in [0.717, 1.165) is 28.4 Å². The molecule has 6 nitrogen and oxygen atoms in total. The largest absolute Gasteiger partial charge is 0.346 e. The van der Waals surface area contributed by atoms with Gasteiger partial charge in [-0.25, -0.2) is 17.7 Å². The van der Waals surface area contributed by atoms with Crippen molar-refractivity contribution in [1.29, 1.82) is 0 Å². The van der Waals surface area contributed by atoms with Crippen molar-refractivity contribution < 1.29 is 8.42 Å². The number of fused-ring (bicyclic) bond motifs is 3. The molecule has 1 N–H and O–H groups in total. The monoisotopic (exact) mass is 358 g/mol. The molecule has 4 rings (SSSR count). The van der Waals surface area contributed by atoms with Crippen LogP contribution in [0.3, 0.4) is 0 Å². The predicted octanol–water partition coefficient (Wildman–Crippen LogP) is 2.89. The number of hydrogen-bond donors (Lipinski definition) is 1. The van der Waals surface area contributed by atoms with Crippen LogP contribution in [0.15, 0.2) is 30.7 Å². The summed E-state index contributed by atoms with van der Waals surface area (Å²) >= 11 is 0. The van der Waals surface area contributed by atoms with Gasteiger partial charge in [0.25, 0.3) is 0 Å². The molecule has 0 aliphatic carbocycles. The number of H-pyrrole nitrogens is 1. The number of nitrogens with one attached hydrogen (secondary N) is 1. The van der Waals surface area contributed by atoms with Gasteiger partial charge in [-0.05, 0) is 36.0 Å². The number of hydrogen-bond acceptors (Lipinski definition) is 4. The predicted molar refractivity (Wildman–Crippen MR) is 99.0 cm³/mol. The second-order valence-corrected chi connectivity index (χ2v) is 9.19. The van der Waals surface area contributed by atoms with Crippen molar-refractivity contribution in [3.05, 3.63) is 36.3 Å². The molecule has 0 bridgehead atoms. The minimum absolute atomic E-state index is 0.136. The van der Waals surface area contributed by atoms with Gasteiger partial charge in [0.1, 0.15) is 5.65 Å². The van der Waals surface area contributed by atoms with Gasteiger partial charge < -0.3 is 4.98 Å². The molecule has 132 valence electrons. The number of aromatic amines is 1. The van der Waals surface area contributed by atoms with E-state index in [1.165, 1.54) is 5.56 Å². The molecule has 25 heavy (non-hydrogen) atoms. The molecule has 0 radical (unpaired) electrons. The molecule has 1 aliphatic rings. The molecule has 1 saturated heterocycles. The van der Waals surface area contributed by atoms with Gasteiger partial charge in [-0.1, -0.05) is 13.8 Å². The molecule has 7 heteroatoms. The quantitative estimate of drug-likeness (QED) is 0.778. The third-order valence-corrected chi connectivity index (χ3v) is 7.06. The molecular weight excluding hydrogens is 336 g/mol. The second-order valence-electron chi connectivity index (χ2n) is 7.17. The molecule has 0 amide bonds. The number of rotatable bonds is 4. The lowest BCUT2D eigenvalue weighted by atomic mass is 9.94. The second kappa shape index (κ2) is 6.07.